The molecule has 0 saturated carbocycles. The highest BCUT2D eigenvalue weighted by Gasteiger charge is 2.46. The first-order valence-electron chi connectivity index (χ1n) is 11.2. The number of aliphatic hydroxyl groups excluding tert-OH is 1. The fourth-order valence-electron chi connectivity index (χ4n) is 4.24. The van der Waals surface area contributed by atoms with Crippen molar-refractivity contribution in [2.24, 2.45) is 0 Å². The van der Waals surface area contributed by atoms with Crippen LogP contribution in [-0.2, 0) is 14.3 Å². The Bertz CT molecular complexity index is 1190. The van der Waals surface area contributed by atoms with Crippen LogP contribution in [0.15, 0.2) is 42.5 Å². The lowest BCUT2D eigenvalue weighted by molar-refractivity contribution is -0.140. The van der Waals surface area contributed by atoms with E-state index in [1.54, 1.807) is 44.2 Å². The first-order valence-corrected chi connectivity index (χ1v) is 11.2. The second kappa shape index (κ2) is 10.6. The van der Waals surface area contributed by atoms with Gasteiger partial charge in [0.1, 0.15) is 23.8 Å². The zero-order valence-electron chi connectivity index (χ0n) is 20.7. The summed E-state index contributed by atoms with van der Waals surface area (Å²) >= 11 is 0. The summed E-state index contributed by atoms with van der Waals surface area (Å²) in [6.45, 7) is 8.06. The van der Waals surface area contributed by atoms with Gasteiger partial charge < -0.3 is 29.4 Å². The third kappa shape index (κ3) is 5.00. The molecular weight excluding hydrogens is 450 g/mol. The molecule has 2 heterocycles. The number of carbonyl (C=O) groups excluding carboxylic acids is 3. The van der Waals surface area contributed by atoms with Gasteiger partial charge in [-0.25, -0.2) is 4.79 Å². The number of aromatic nitrogens is 1. The van der Waals surface area contributed by atoms with E-state index in [0.717, 1.165) is 0 Å². The topological polar surface area (TPSA) is 112 Å². The van der Waals surface area contributed by atoms with Crippen LogP contribution in [-0.4, -0.2) is 78.5 Å². The minimum absolute atomic E-state index is 0.0451. The maximum Gasteiger partial charge on any atom is 0.354 e. The van der Waals surface area contributed by atoms with Crippen LogP contribution in [0.1, 0.15) is 38.9 Å². The maximum atomic E-state index is 13.3. The number of ketones is 1. The van der Waals surface area contributed by atoms with Crippen LogP contribution in [0.2, 0.25) is 0 Å². The Morgan fingerprint density at radius 3 is 2.63 bits per heavy atom. The van der Waals surface area contributed by atoms with Crippen molar-refractivity contribution in [1.82, 2.24) is 14.8 Å². The molecule has 1 aliphatic rings. The van der Waals surface area contributed by atoms with Crippen LogP contribution in [0, 0.1) is 13.8 Å². The van der Waals surface area contributed by atoms with Crippen molar-refractivity contribution in [3.8, 4) is 5.75 Å². The van der Waals surface area contributed by atoms with Crippen LogP contribution in [0.3, 0.4) is 0 Å². The average molecular weight is 482 g/mol. The number of hydrogen-bond acceptors (Lipinski definition) is 7. The quantitative estimate of drug-likeness (QED) is 0.186. The number of rotatable bonds is 9. The number of likely N-dealkylation sites (tertiary alicyclic amines) is 1. The Hall–Kier alpha value is -3.85. The number of nitrogens with one attached hydrogen (secondary N) is 1. The molecule has 1 fully saturated rings. The molecule has 9 heteroatoms. The van der Waals surface area contributed by atoms with Crippen molar-refractivity contribution in [2.45, 2.75) is 19.9 Å². The Morgan fingerprint density at radius 1 is 1.29 bits per heavy atom. The summed E-state index contributed by atoms with van der Waals surface area (Å²) in [5, 5.41) is 11.4. The molecule has 35 heavy (non-hydrogen) atoms. The van der Waals surface area contributed by atoms with E-state index in [0.29, 0.717) is 41.3 Å². The summed E-state index contributed by atoms with van der Waals surface area (Å²) in [7, 11) is 5.00. The minimum Gasteiger partial charge on any atom is -0.507 e. The number of esters is 1. The van der Waals surface area contributed by atoms with Crippen molar-refractivity contribution in [3.63, 3.8) is 0 Å². The second-order valence-corrected chi connectivity index (χ2v) is 8.58. The first-order chi connectivity index (χ1) is 16.6. The van der Waals surface area contributed by atoms with Gasteiger partial charge in [0.25, 0.3) is 11.7 Å². The summed E-state index contributed by atoms with van der Waals surface area (Å²) in [5.74, 6) is -1.89. The molecule has 1 atom stereocenters. The van der Waals surface area contributed by atoms with E-state index < -0.39 is 23.7 Å². The van der Waals surface area contributed by atoms with Gasteiger partial charge in [0.15, 0.2) is 0 Å². The van der Waals surface area contributed by atoms with E-state index >= 15 is 0 Å². The molecule has 9 nitrogen and oxygen atoms in total. The molecule has 0 aliphatic carbocycles. The van der Waals surface area contributed by atoms with E-state index in [4.69, 9.17) is 9.47 Å². The number of hydrogen-bond donors (Lipinski definition) is 2. The second-order valence-electron chi connectivity index (χ2n) is 8.58. The summed E-state index contributed by atoms with van der Waals surface area (Å²) in [6, 6.07) is 6.22. The van der Waals surface area contributed by atoms with Crippen LogP contribution in [0.25, 0.3) is 5.76 Å². The maximum absolute atomic E-state index is 13.3. The number of aliphatic hydroxyl groups is 1. The number of carbonyl (C=O) groups is 3. The van der Waals surface area contributed by atoms with E-state index in [1.165, 1.54) is 12.0 Å². The number of amides is 1. The van der Waals surface area contributed by atoms with Crippen molar-refractivity contribution >= 4 is 23.4 Å². The number of Topliss-reactive ketones (excluding diaryl/α,β-unsaturated/α-hetero) is 1. The lowest BCUT2D eigenvalue weighted by Crippen LogP contribution is -2.35. The predicted molar refractivity (Wildman–Crippen MR) is 131 cm³/mol. The van der Waals surface area contributed by atoms with E-state index in [1.807, 2.05) is 19.0 Å². The molecule has 1 saturated heterocycles. The number of benzene rings is 1. The summed E-state index contributed by atoms with van der Waals surface area (Å²) in [4.78, 5) is 44.8. The standard InChI is InChI=1S/C26H31N3O6/c1-7-13-35-18-10-8-9-17(14-18)22-20(24(31)25(32)29(22)12-11-28(4)5)23(30)19-15(2)21(26(33)34-6)27-16(19)3/h7-10,14,22,27,30H,1,11-13H2,2-6H3. The number of aryl methyl sites for hydroxylation is 1. The Kier molecular flexibility index (Phi) is 7.81. The fourth-order valence-corrected chi connectivity index (χ4v) is 4.24. The van der Waals surface area contributed by atoms with Gasteiger partial charge in [-0.05, 0) is 51.2 Å². The SMILES string of the molecule is C=CCOc1cccc(C2C(=C(O)c3c(C)[nH]c(C(=O)OC)c3C)C(=O)C(=O)N2CCN(C)C)c1. The molecule has 3 rings (SSSR count). The molecule has 186 valence electrons. The third-order valence-electron chi connectivity index (χ3n) is 5.93. The molecule has 0 spiro atoms. The van der Waals surface area contributed by atoms with Crippen LogP contribution in [0.4, 0.5) is 0 Å². The van der Waals surface area contributed by atoms with Crippen LogP contribution < -0.4 is 4.74 Å². The number of aromatic amines is 1. The summed E-state index contributed by atoms with van der Waals surface area (Å²) in [6.07, 6.45) is 1.62. The zero-order chi connectivity index (χ0) is 25.9. The van der Waals surface area contributed by atoms with Crippen LogP contribution >= 0.6 is 0 Å². The Balaban J connectivity index is 2.21. The molecular formula is C26H31N3O6. The number of likely N-dealkylation sites (N-methyl/N-ethyl adjacent to an activating group) is 1. The largest absolute Gasteiger partial charge is 0.507 e. The van der Waals surface area contributed by atoms with Gasteiger partial charge in [-0.1, -0.05) is 24.8 Å². The van der Waals surface area contributed by atoms with Gasteiger partial charge in [-0.2, -0.15) is 0 Å². The fraction of sp³-hybridized carbons (Fsp3) is 0.346. The Morgan fingerprint density at radius 2 is 2.00 bits per heavy atom. The van der Waals surface area contributed by atoms with E-state index in [2.05, 4.69) is 11.6 Å². The first kappa shape index (κ1) is 25.8. The smallest absolute Gasteiger partial charge is 0.354 e. The molecule has 0 bridgehead atoms. The lowest BCUT2D eigenvalue weighted by atomic mass is 9.94. The summed E-state index contributed by atoms with van der Waals surface area (Å²) in [5.41, 5.74) is 1.93. The van der Waals surface area contributed by atoms with Crippen LogP contribution in [0.5, 0.6) is 5.75 Å². The third-order valence-corrected chi connectivity index (χ3v) is 5.93. The average Bonchev–Trinajstić information content (AvgIpc) is 3.27. The normalized spacial score (nSPS) is 17.2. The zero-order valence-corrected chi connectivity index (χ0v) is 20.7. The van der Waals surface area contributed by atoms with Crippen molar-refractivity contribution < 1.29 is 29.0 Å². The van der Waals surface area contributed by atoms with Gasteiger partial charge in [0, 0.05) is 24.3 Å². The highest BCUT2D eigenvalue weighted by molar-refractivity contribution is 6.46. The predicted octanol–water partition coefficient (Wildman–Crippen LogP) is 2.97. The van der Waals surface area contributed by atoms with Crippen molar-refractivity contribution in [3.05, 3.63) is 70.6 Å². The lowest BCUT2D eigenvalue weighted by Gasteiger charge is -2.27. The number of methoxy groups -OCH3 is 1. The molecule has 1 aliphatic heterocycles. The molecule has 2 aromatic rings. The molecule has 1 aromatic carbocycles. The summed E-state index contributed by atoms with van der Waals surface area (Å²) < 4.78 is 10.5. The molecule has 1 amide bonds. The number of ether oxygens (including phenoxy) is 2. The molecule has 2 N–H and O–H groups in total. The molecule has 0 radical (unpaired) electrons. The van der Waals surface area contributed by atoms with E-state index in [-0.39, 0.29) is 23.6 Å². The monoisotopic (exact) mass is 481 g/mol. The highest BCUT2D eigenvalue weighted by Crippen LogP contribution is 2.41. The van der Waals surface area contributed by atoms with Crippen molar-refractivity contribution in [2.75, 3.05) is 40.9 Å². The van der Waals surface area contributed by atoms with Crippen molar-refractivity contribution in [1.29, 1.82) is 0 Å². The van der Waals surface area contributed by atoms with Gasteiger partial charge >= 0.3 is 5.97 Å². The molecule has 1 unspecified atom stereocenters. The van der Waals surface area contributed by atoms with Gasteiger partial charge in [-0.3, -0.25) is 9.59 Å². The highest BCUT2D eigenvalue weighted by atomic mass is 16.5. The number of H-pyrrole nitrogens is 1. The van der Waals surface area contributed by atoms with E-state index in [9.17, 15) is 19.5 Å². The number of nitrogens with zero attached hydrogens (tertiary/aromatic N) is 2. The molecule has 1 aromatic heterocycles. The van der Waals surface area contributed by atoms with Gasteiger partial charge in [-0.15, -0.1) is 0 Å². The van der Waals surface area contributed by atoms with Gasteiger partial charge in [0.2, 0.25) is 0 Å². The van der Waals surface area contributed by atoms with Gasteiger partial charge in [0.05, 0.1) is 18.7 Å². The Labute approximate surface area is 204 Å². The minimum atomic E-state index is -0.836.